The van der Waals surface area contributed by atoms with Crippen LogP contribution in [0.3, 0.4) is 0 Å². The number of nitrogens with two attached hydrogens (primary N) is 2. The van der Waals surface area contributed by atoms with Gasteiger partial charge in [-0.1, -0.05) is 0 Å². The van der Waals surface area contributed by atoms with Gasteiger partial charge in [-0.05, 0) is 56.3 Å². The molecule has 1 aromatic rings. The minimum Gasteiger partial charge on any atom is -0.384 e. The standard InChI is InChI=1S/C13H20N4/c14-11-10(12(15)17-16-11)13-4-7-1-8(5-13)3-9(2-7)6-13/h7-9H,1-6H2,(H5,14,15,16,17). The first-order valence-corrected chi connectivity index (χ1v) is 6.76. The van der Waals surface area contributed by atoms with Crippen molar-refractivity contribution in [3.05, 3.63) is 5.56 Å². The molecule has 0 atom stereocenters. The average Bonchev–Trinajstić information content (AvgIpc) is 2.56. The van der Waals surface area contributed by atoms with Crippen LogP contribution in [0.15, 0.2) is 0 Å². The summed E-state index contributed by atoms with van der Waals surface area (Å²) in [5.74, 6) is 4.09. The van der Waals surface area contributed by atoms with E-state index in [4.69, 9.17) is 11.5 Å². The van der Waals surface area contributed by atoms with Gasteiger partial charge in [-0.15, -0.1) is 0 Å². The van der Waals surface area contributed by atoms with Crippen molar-refractivity contribution >= 4 is 11.6 Å². The smallest absolute Gasteiger partial charge is 0.151 e. The highest BCUT2D eigenvalue weighted by atomic mass is 15.2. The number of aromatic nitrogens is 2. The van der Waals surface area contributed by atoms with Gasteiger partial charge in [0, 0.05) is 11.0 Å². The van der Waals surface area contributed by atoms with Crippen molar-refractivity contribution in [1.29, 1.82) is 0 Å². The Bertz CT molecular complexity index is 407. The largest absolute Gasteiger partial charge is 0.384 e. The third kappa shape index (κ3) is 1.21. The maximum absolute atomic E-state index is 6.06. The molecule has 4 bridgehead atoms. The zero-order chi connectivity index (χ0) is 11.6. The van der Waals surface area contributed by atoms with Crippen LogP contribution in [-0.4, -0.2) is 10.2 Å². The molecule has 5 rings (SSSR count). The van der Waals surface area contributed by atoms with E-state index in [1.54, 1.807) is 0 Å². The van der Waals surface area contributed by atoms with Crippen molar-refractivity contribution in [3.8, 4) is 0 Å². The average molecular weight is 232 g/mol. The first-order chi connectivity index (χ1) is 8.16. The van der Waals surface area contributed by atoms with Crippen molar-refractivity contribution in [2.75, 3.05) is 11.5 Å². The molecule has 4 aliphatic rings. The molecule has 4 aliphatic carbocycles. The maximum Gasteiger partial charge on any atom is 0.151 e. The monoisotopic (exact) mass is 232 g/mol. The lowest BCUT2D eigenvalue weighted by atomic mass is 9.48. The maximum atomic E-state index is 6.06. The summed E-state index contributed by atoms with van der Waals surface area (Å²) < 4.78 is 0. The normalized spacial score (nSPS) is 43.2. The van der Waals surface area contributed by atoms with E-state index < -0.39 is 0 Å². The number of H-pyrrole nitrogens is 1. The molecular weight excluding hydrogens is 212 g/mol. The van der Waals surface area contributed by atoms with Crippen LogP contribution in [-0.2, 0) is 5.41 Å². The quantitative estimate of drug-likeness (QED) is 0.693. The number of nitrogens with one attached hydrogen (secondary N) is 1. The Morgan fingerprint density at radius 1 is 1.00 bits per heavy atom. The highest BCUT2D eigenvalue weighted by Gasteiger charge is 2.53. The van der Waals surface area contributed by atoms with E-state index in [1.165, 1.54) is 38.5 Å². The summed E-state index contributed by atoms with van der Waals surface area (Å²) in [4.78, 5) is 0. The predicted molar refractivity (Wildman–Crippen MR) is 67.3 cm³/mol. The van der Waals surface area contributed by atoms with Crippen LogP contribution in [0.4, 0.5) is 11.6 Å². The molecule has 17 heavy (non-hydrogen) atoms. The fourth-order valence-electron chi connectivity index (χ4n) is 5.34. The lowest BCUT2D eigenvalue weighted by molar-refractivity contribution is -0.00447. The molecule has 1 aromatic heterocycles. The number of hydrogen-bond donors (Lipinski definition) is 3. The van der Waals surface area contributed by atoms with Crippen LogP contribution >= 0.6 is 0 Å². The third-order valence-corrected chi connectivity index (χ3v) is 5.39. The summed E-state index contributed by atoms with van der Waals surface area (Å²) in [5, 5.41) is 6.97. The van der Waals surface area contributed by atoms with E-state index in [0.717, 1.165) is 23.3 Å². The van der Waals surface area contributed by atoms with Gasteiger partial charge in [0.1, 0.15) is 5.82 Å². The summed E-state index contributed by atoms with van der Waals surface area (Å²) in [5.41, 5.74) is 13.5. The molecule has 0 amide bonds. The summed E-state index contributed by atoms with van der Waals surface area (Å²) in [7, 11) is 0. The number of hydrogen-bond acceptors (Lipinski definition) is 3. The van der Waals surface area contributed by atoms with Gasteiger partial charge in [0.2, 0.25) is 0 Å². The Hall–Kier alpha value is -1.19. The van der Waals surface area contributed by atoms with Crippen LogP contribution in [0.2, 0.25) is 0 Å². The van der Waals surface area contributed by atoms with Crippen molar-refractivity contribution in [2.45, 2.75) is 43.9 Å². The molecule has 92 valence electrons. The fraction of sp³-hybridized carbons (Fsp3) is 0.769. The van der Waals surface area contributed by atoms with Gasteiger partial charge in [0.25, 0.3) is 0 Å². The van der Waals surface area contributed by atoms with Crippen LogP contribution < -0.4 is 11.5 Å². The number of nitrogen functional groups attached to an aromatic ring is 2. The topological polar surface area (TPSA) is 80.7 Å². The molecule has 4 saturated carbocycles. The molecule has 4 heteroatoms. The SMILES string of the molecule is Nc1n[nH]c(N)c1C12CC3CC(CC(C3)C1)C2. The zero-order valence-corrected chi connectivity index (χ0v) is 10.1. The third-order valence-electron chi connectivity index (χ3n) is 5.39. The van der Waals surface area contributed by atoms with E-state index >= 15 is 0 Å². The number of aromatic amines is 1. The van der Waals surface area contributed by atoms with Crippen molar-refractivity contribution in [2.24, 2.45) is 17.8 Å². The van der Waals surface area contributed by atoms with Gasteiger partial charge in [-0.3, -0.25) is 5.10 Å². The highest BCUT2D eigenvalue weighted by Crippen LogP contribution is 2.62. The van der Waals surface area contributed by atoms with Gasteiger partial charge in [0.15, 0.2) is 5.82 Å². The summed E-state index contributed by atoms with van der Waals surface area (Å²) in [6.07, 6.45) is 8.18. The molecule has 4 fully saturated rings. The Balaban J connectivity index is 1.82. The second-order valence-electron chi connectivity index (χ2n) is 6.60. The number of nitrogens with zero attached hydrogens (tertiary/aromatic N) is 1. The second kappa shape index (κ2) is 2.98. The molecule has 0 saturated heterocycles. The van der Waals surface area contributed by atoms with Gasteiger partial charge >= 0.3 is 0 Å². The molecule has 4 nitrogen and oxygen atoms in total. The van der Waals surface area contributed by atoms with Crippen LogP contribution in [0, 0.1) is 17.8 Å². The Kier molecular flexibility index (Phi) is 1.72. The lowest BCUT2D eigenvalue weighted by Crippen LogP contribution is -2.48. The van der Waals surface area contributed by atoms with E-state index in [0.29, 0.717) is 11.6 Å². The van der Waals surface area contributed by atoms with Crippen molar-refractivity contribution < 1.29 is 0 Å². The molecule has 0 spiro atoms. The van der Waals surface area contributed by atoms with E-state index in [1.807, 2.05) is 0 Å². The minimum atomic E-state index is 0.260. The Morgan fingerprint density at radius 2 is 1.53 bits per heavy atom. The first kappa shape index (κ1) is 9.80. The number of rotatable bonds is 1. The Morgan fingerprint density at radius 3 is 1.94 bits per heavy atom. The molecular formula is C13H20N4. The zero-order valence-electron chi connectivity index (χ0n) is 10.1. The van der Waals surface area contributed by atoms with Crippen LogP contribution in [0.1, 0.15) is 44.1 Å². The van der Waals surface area contributed by atoms with E-state index in [9.17, 15) is 0 Å². The number of anilines is 2. The van der Waals surface area contributed by atoms with Gasteiger partial charge in [-0.2, -0.15) is 5.10 Å². The summed E-state index contributed by atoms with van der Waals surface area (Å²) in [6.45, 7) is 0. The molecule has 0 unspecified atom stereocenters. The van der Waals surface area contributed by atoms with Gasteiger partial charge < -0.3 is 11.5 Å². The van der Waals surface area contributed by atoms with Gasteiger partial charge in [0.05, 0.1) is 0 Å². The molecule has 0 aromatic carbocycles. The minimum absolute atomic E-state index is 0.260. The molecule has 0 radical (unpaired) electrons. The van der Waals surface area contributed by atoms with Gasteiger partial charge in [-0.25, -0.2) is 0 Å². The van der Waals surface area contributed by atoms with Crippen molar-refractivity contribution in [3.63, 3.8) is 0 Å². The highest BCUT2D eigenvalue weighted by molar-refractivity contribution is 5.58. The van der Waals surface area contributed by atoms with Crippen LogP contribution in [0.5, 0.6) is 0 Å². The molecule has 1 heterocycles. The first-order valence-electron chi connectivity index (χ1n) is 6.76. The predicted octanol–water partition coefficient (Wildman–Crippen LogP) is 2.04. The fourth-order valence-corrected chi connectivity index (χ4v) is 5.34. The summed E-state index contributed by atoms with van der Waals surface area (Å²) >= 11 is 0. The molecule has 0 aliphatic heterocycles. The second-order valence-corrected chi connectivity index (χ2v) is 6.60. The van der Waals surface area contributed by atoms with E-state index in [2.05, 4.69) is 10.2 Å². The van der Waals surface area contributed by atoms with E-state index in [-0.39, 0.29) is 5.41 Å². The van der Waals surface area contributed by atoms with Crippen LogP contribution in [0.25, 0.3) is 0 Å². The van der Waals surface area contributed by atoms with Crippen molar-refractivity contribution in [1.82, 2.24) is 10.2 Å². The summed E-state index contributed by atoms with van der Waals surface area (Å²) in [6, 6.07) is 0. The Labute approximate surface area is 101 Å². The lowest BCUT2D eigenvalue weighted by Gasteiger charge is -2.56. The molecule has 5 N–H and O–H groups in total.